The molecule has 1 saturated carbocycles. The Balaban J connectivity index is 2.74. The fourth-order valence-corrected chi connectivity index (χ4v) is 1.96. The van der Waals surface area contributed by atoms with Crippen molar-refractivity contribution in [3.8, 4) is 0 Å². The van der Waals surface area contributed by atoms with E-state index in [1.165, 1.54) is 0 Å². The van der Waals surface area contributed by atoms with E-state index in [-0.39, 0.29) is 18.0 Å². The third-order valence-corrected chi connectivity index (χ3v) is 2.57. The van der Waals surface area contributed by atoms with E-state index in [0.29, 0.717) is 12.0 Å². The maximum Gasteiger partial charge on any atom is 0.233 e. The highest BCUT2D eigenvalue weighted by Crippen LogP contribution is 2.35. The van der Waals surface area contributed by atoms with E-state index in [1.54, 1.807) is 13.5 Å². The summed E-state index contributed by atoms with van der Waals surface area (Å²) in [5.74, 6) is 0.678. The summed E-state index contributed by atoms with van der Waals surface area (Å²) >= 11 is 0. The van der Waals surface area contributed by atoms with Gasteiger partial charge in [0.15, 0.2) is 0 Å². The first-order valence-electron chi connectivity index (χ1n) is 5.61. The second-order valence-electron chi connectivity index (χ2n) is 4.41. The summed E-state index contributed by atoms with van der Waals surface area (Å²) in [4.78, 5) is 14.2. The summed E-state index contributed by atoms with van der Waals surface area (Å²) in [6, 6.07) is 0.374. The number of ether oxygens (including phenoxy) is 1. The Morgan fingerprint density at radius 2 is 1.75 bits per heavy atom. The minimum absolute atomic E-state index is 0.0341. The number of rotatable bonds is 4. The molecular weight excluding hydrogens is 202 g/mol. The van der Waals surface area contributed by atoms with Crippen LogP contribution in [0.25, 0.3) is 0 Å². The summed E-state index contributed by atoms with van der Waals surface area (Å²) in [6.07, 6.45) is 6.10. The first-order valence-corrected chi connectivity index (χ1v) is 5.61. The van der Waals surface area contributed by atoms with Gasteiger partial charge >= 0.3 is 0 Å². The fourth-order valence-electron chi connectivity index (χ4n) is 1.96. The van der Waals surface area contributed by atoms with Crippen molar-refractivity contribution in [1.29, 1.82) is 0 Å². The third kappa shape index (κ3) is 2.76. The lowest BCUT2D eigenvalue weighted by atomic mass is 10.0. The molecule has 89 valence electrons. The summed E-state index contributed by atoms with van der Waals surface area (Å²) in [7, 11) is 1.58. The number of hydrogen-bond donors (Lipinski definition) is 0. The molecule has 0 aromatic heterocycles. The van der Waals surface area contributed by atoms with Crippen LogP contribution in [0.3, 0.4) is 0 Å². The van der Waals surface area contributed by atoms with Gasteiger partial charge in [0.1, 0.15) is 12.0 Å². The monoisotopic (exact) mass is 222 g/mol. The van der Waals surface area contributed by atoms with Crippen molar-refractivity contribution in [3.05, 3.63) is 31.3 Å². The standard InChI is InChI=1S/C13H20NO2/c1-9(2)14(10(3)4)13(15)11-7-6-8-12(11)16-5/h6-10H,1-5H3. The predicted octanol–water partition coefficient (Wildman–Crippen LogP) is 2.01. The molecule has 1 amide bonds. The molecule has 1 aliphatic carbocycles. The van der Waals surface area contributed by atoms with Gasteiger partial charge in [0.05, 0.1) is 0 Å². The summed E-state index contributed by atoms with van der Waals surface area (Å²) in [5, 5.41) is 0. The van der Waals surface area contributed by atoms with Gasteiger partial charge < -0.3 is 9.64 Å². The highest BCUT2D eigenvalue weighted by Gasteiger charge is 2.39. The van der Waals surface area contributed by atoms with Crippen molar-refractivity contribution in [3.63, 3.8) is 0 Å². The second kappa shape index (κ2) is 5.67. The van der Waals surface area contributed by atoms with Gasteiger partial charge in [-0.05, 0) is 40.5 Å². The van der Waals surface area contributed by atoms with Crippen molar-refractivity contribution in [2.45, 2.75) is 39.8 Å². The molecule has 1 rings (SSSR count). The van der Waals surface area contributed by atoms with Crippen LogP contribution in [0.4, 0.5) is 0 Å². The molecule has 0 aliphatic heterocycles. The van der Waals surface area contributed by atoms with Gasteiger partial charge in [-0.1, -0.05) is 0 Å². The minimum Gasteiger partial charge on any atom is -0.374 e. The molecule has 5 radical (unpaired) electrons. The van der Waals surface area contributed by atoms with E-state index >= 15 is 0 Å². The number of methoxy groups -OCH3 is 1. The van der Waals surface area contributed by atoms with Crippen LogP contribution in [-0.4, -0.2) is 30.0 Å². The SMILES string of the molecule is CO[C]1[CH][CH][CH][C]1C(=O)N(C(C)C)C(C)C. The van der Waals surface area contributed by atoms with Gasteiger partial charge in [0.2, 0.25) is 5.91 Å². The average Bonchev–Trinajstić information content (AvgIpc) is 2.63. The fraction of sp³-hybridized carbons (Fsp3) is 0.538. The van der Waals surface area contributed by atoms with Crippen LogP contribution in [0, 0.1) is 31.3 Å². The van der Waals surface area contributed by atoms with E-state index in [0.717, 1.165) is 0 Å². The first kappa shape index (κ1) is 13.5. The first-order chi connectivity index (χ1) is 7.49. The Hall–Kier alpha value is -0.570. The Bertz CT molecular complexity index is 230. The normalized spacial score (nSPS) is 18.7. The van der Waals surface area contributed by atoms with Crippen LogP contribution in [0.15, 0.2) is 0 Å². The lowest BCUT2D eigenvalue weighted by molar-refractivity contribution is -0.132. The predicted molar refractivity (Wildman–Crippen MR) is 63.5 cm³/mol. The molecule has 0 heterocycles. The maximum absolute atomic E-state index is 12.3. The van der Waals surface area contributed by atoms with Crippen LogP contribution in [-0.2, 0) is 9.53 Å². The summed E-state index contributed by atoms with van der Waals surface area (Å²) in [5.41, 5.74) is 0. The Kier molecular flexibility index (Phi) is 4.78. The topological polar surface area (TPSA) is 29.5 Å². The molecule has 0 aromatic rings. The van der Waals surface area contributed by atoms with Crippen LogP contribution in [0.5, 0.6) is 0 Å². The maximum atomic E-state index is 12.3. The molecule has 1 fully saturated rings. The number of carbonyl (C=O) groups is 1. The third-order valence-electron chi connectivity index (χ3n) is 2.57. The molecule has 0 unspecified atom stereocenters. The van der Waals surface area contributed by atoms with Gasteiger partial charge in [0, 0.05) is 25.6 Å². The molecule has 1 aliphatic rings. The zero-order valence-corrected chi connectivity index (χ0v) is 10.7. The molecule has 3 nitrogen and oxygen atoms in total. The Morgan fingerprint density at radius 3 is 2.19 bits per heavy atom. The molecule has 0 aromatic carbocycles. The molecule has 3 heteroatoms. The number of carbonyl (C=O) groups excluding carboxylic acids is 1. The van der Waals surface area contributed by atoms with Crippen molar-refractivity contribution in [1.82, 2.24) is 4.90 Å². The molecular formula is C13H20NO2. The Morgan fingerprint density at radius 1 is 1.19 bits per heavy atom. The molecule has 0 bridgehead atoms. The van der Waals surface area contributed by atoms with E-state index < -0.39 is 0 Å². The quantitative estimate of drug-likeness (QED) is 0.728. The Labute approximate surface area is 99.1 Å². The van der Waals surface area contributed by atoms with Gasteiger partial charge in [-0.25, -0.2) is 0 Å². The molecule has 16 heavy (non-hydrogen) atoms. The highest BCUT2D eigenvalue weighted by atomic mass is 16.5. The van der Waals surface area contributed by atoms with Crippen LogP contribution < -0.4 is 0 Å². The van der Waals surface area contributed by atoms with E-state index in [2.05, 4.69) is 0 Å². The molecule has 0 atom stereocenters. The molecule has 0 N–H and O–H groups in total. The summed E-state index contributed by atoms with van der Waals surface area (Å²) in [6.45, 7) is 8.08. The average molecular weight is 222 g/mol. The lowest BCUT2D eigenvalue weighted by Gasteiger charge is -2.33. The van der Waals surface area contributed by atoms with Crippen molar-refractivity contribution >= 4 is 5.91 Å². The largest absolute Gasteiger partial charge is 0.374 e. The zero-order chi connectivity index (χ0) is 12.3. The van der Waals surface area contributed by atoms with Gasteiger partial charge in [-0.3, -0.25) is 4.79 Å². The van der Waals surface area contributed by atoms with Gasteiger partial charge in [-0.2, -0.15) is 0 Å². The van der Waals surface area contributed by atoms with Crippen LogP contribution >= 0.6 is 0 Å². The van der Waals surface area contributed by atoms with Crippen molar-refractivity contribution in [2.24, 2.45) is 0 Å². The smallest absolute Gasteiger partial charge is 0.233 e. The lowest BCUT2D eigenvalue weighted by Crippen LogP contribution is -2.45. The minimum atomic E-state index is 0.0341. The van der Waals surface area contributed by atoms with Crippen molar-refractivity contribution in [2.75, 3.05) is 7.11 Å². The van der Waals surface area contributed by atoms with Crippen LogP contribution in [0.2, 0.25) is 0 Å². The van der Waals surface area contributed by atoms with Gasteiger partial charge in [-0.15, -0.1) is 0 Å². The zero-order valence-electron chi connectivity index (χ0n) is 10.7. The number of nitrogens with zero attached hydrogens (tertiary/aromatic N) is 1. The van der Waals surface area contributed by atoms with Gasteiger partial charge in [0.25, 0.3) is 0 Å². The van der Waals surface area contributed by atoms with E-state index in [1.807, 2.05) is 45.4 Å². The summed E-state index contributed by atoms with van der Waals surface area (Å²) < 4.78 is 5.17. The molecule has 0 saturated heterocycles. The molecule has 0 spiro atoms. The number of hydrogen-bond acceptors (Lipinski definition) is 2. The number of amides is 1. The highest BCUT2D eigenvalue weighted by molar-refractivity contribution is 5.97. The van der Waals surface area contributed by atoms with E-state index in [4.69, 9.17) is 4.74 Å². The van der Waals surface area contributed by atoms with Crippen molar-refractivity contribution < 1.29 is 9.53 Å². The second-order valence-corrected chi connectivity index (χ2v) is 4.41. The van der Waals surface area contributed by atoms with Crippen LogP contribution in [0.1, 0.15) is 27.7 Å². The van der Waals surface area contributed by atoms with E-state index in [9.17, 15) is 4.79 Å².